The summed E-state index contributed by atoms with van der Waals surface area (Å²) in [6.07, 6.45) is 0. The smallest absolute Gasteiger partial charge is 0.191 e. The second kappa shape index (κ2) is 7.26. The van der Waals surface area contributed by atoms with Crippen LogP contribution in [0.5, 0.6) is 5.75 Å². The summed E-state index contributed by atoms with van der Waals surface area (Å²) < 4.78 is 6.15. The Bertz CT molecular complexity index is 419. The molecule has 0 aliphatic carbocycles. The molecule has 0 radical (unpaired) electrons. The average molecular weight is 314 g/mol. The normalized spacial score (nSPS) is 11.6. The number of ether oxygens (including phenoxy) is 1. The van der Waals surface area contributed by atoms with Crippen LogP contribution in [0.1, 0.15) is 19.4 Å². The highest BCUT2D eigenvalue weighted by Gasteiger charge is 2.03. The van der Waals surface area contributed by atoms with Crippen molar-refractivity contribution < 1.29 is 4.74 Å². The Hall–Kier alpha value is -1.23. The third kappa shape index (κ3) is 4.56. The van der Waals surface area contributed by atoms with E-state index in [1.807, 2.05) is 18.2 Å². The topological polar surface area (TPSA) is 45.7 Å². The maximum absolute atomic E-state index is 5.20. The molecular formula is C13H20BrN3O. The molecule has 0 aliphatic rings. The number of hydrogen-bond acceptors (Lipinski definition) is 2. The van der Waals surface area contributed by atoms with Gasteiger partial charge in [0.1, 0.15) is 5.75 Å². The van der Waals surface area contributed by atoms with Crippen LogP contribution >= 0.6 is 15.9 Å². The molecule has 0 bridgehead atoms. The predicted molar refractivity (Wildman–Crippen MR) is 79.2 cm³/mol. The van der Waals surface area contributed by atoms with Crippen molar-refractivity contribution in [2.24, 2.45) is 4.99 Å². The van der Waals surface area contributed by atoms with Crippen LogP contribution in [0.25, 0.3) is 0 Å². The molecule has 0 spiro atoms. The maximum atomic E-state index is 5.20. The first-order valence-corrected chi connectivity index (χ1v) is 6.65. The molecule has 5 heteroatoms. The first-order chi connectivity index (χ1) is 8.56. The molecule has 0 heterocycles. The molecule has 1 aromatic rings. The van der Waals surface area contributed by atoms with Crippen molar-refractivity contribution in [3.8, 4) is 5.75 Å². The molecule has 0 atom stereocenters. The summed E-state index contributed by atoms with van der Waals surface area (Å²) in [5.41, 5.74) is 1.16. The zero-order chi connectivity index (χ0) is 13.5. The fourth-order valence-corrected chi connectivity index (χ4v) is 2.06. The SMILES string of the molecule is CN=C(NCc1ccc(OC)c(Br)c1)NC(C)C. The Balaban J connectivity index is 2.60. The van der Waals surface area contributed by atoms with Gasteiger partial charge in [-0.15, -0.1) is 0 Å². The van der Waals surface area contributed by atoms with Gasteiger partial charge in [-0.25, -0.2) is 0 Å². The summed E-state index contributed by atoms with van der Waals surface area (Å²) >= 11 is 3.47. The Morgan fingerprint density at radius 3 is 2.67 bits per heavy atom. The average Bonchev–Trinajstić information content (AvgIpc) is 2.34. The molecule has 0 saturated heterocycles. The summed E-state index contributed by atoms with van der Waals surface area (Å²) in [4.78, 5) is 4.16. The van der Waals surface area contributed by atoms with E-state index in [1.54, 1.807) is 14.2 Å². The number of methoxy groups -OCH3 is 1. The zero-order valence-electron chi connectivity index (χ0n) is 11.2. The summed E-state index contributed by atoms with van der Waals surface area (Å²) in [5, 5.41) is 6.50. The van der Waals surface area contributed by atoms with Gasteiger partial charge in [-0.1, -0.05) is 6.07 Å². The molecule has 1 aromatic carbocycles. The standard InChI is InChI=1S/C13H20BrN3O/c1-9(2)17-13(15-3)16-8-10-5-6-12(18-4)11(14)7-10/h5-7,9H,8H2,1-4H3,(H2,15,16,17). The monoisotopic (exact) mass is 313 g/mol. The molecule has 2 N–H and O–H groups in total. The Labute approximate surface area is 117 Å². The number of aliphatic imine (C=N–C) groups is 1. The van der Waals surface area contributed by atoms with Crippen LogP contribution in [0.2, 0.25) is 0 Å². The van der Waals surface area contributed by atoms with E-state index in [4.69, 9.17) is 4.74 Å². The van der Waals surface area contributed by atoms with Gasteiger partial charge in [0, 0.05) is 19.6 Å². The van der Waals surface area contributed by atoms with E-state index < -0.39 is 0 Å². The molecule has 1 rings (SSSR count). The van der Waals surface area contributed by atoms with E-state index >= 15 is 0 Å². The van der Waals surface area contributed by atoms with Gasteiger partial charge in [-0.3, -0.25) is 4.99 Å². The minimum absolute atomic E-state index is 0.360. The van der Waals surface area contributed by atoms with Crippen LogP contribution in [-0.4, -0.2) is 26.2 Å². The largest absolute Gasteiger partial charge is 0.496 e. The van der Waals surface area contributed by atoms with Crippen molar-refractivity contribution in [2.75, 3.05) is 14.2 Å². The molecule has 0 amide bonds. The number of benzene rings is 1. The van der Waals surface area contributed by atoms with Crippen molar-refractivity contribution in [2.45, 2.75) is 26.4 Å². The van der Waals surface area contributed by atoms with E-state index in [0.717, 1.165) is 28.3 Å². The maximum Gasteiger partial charge on any atom is 0.191 e. The fourth-order valence-electron chi connectivity index (χ4n) is 1.47. The van der Waals surface area contributed by atoms with E-state index in [-0.39, 0.29) is 0 Å². The van der Waals surface area contributed by atoms with Gasteiger partial charge < -0.3 is 15.4 Å². The van der Waals surface area contributed by atoms with E-state index in [1.165, 1.54) is 0 Å². The van der Waals surface area contributed by atoms with Gasteiger partial charge in [0.15, 0.2) is 5.96 Å². The van der Waals surface area contributed by atoms with Gasteiger partial charge in [-0.05, 0) is 47.5 Å². The predicted octanol–water partition coefficient (Wildman–Crippen LogP) is 2.53. The van der Waals surface area contributed by atoms with Crippen molar-refractivity contribution >= 4 is 21.9 Å². The lowest BCUT2D eigenvalue weighted by Gasteiger charge is -2.14. The molecule has 0 fully saturated rings. The molecule has 0 saturated carbocycles. The highest BCUT2D eigenvalue weighted by molar-refractivity contribution is 9.10. The number of hydrogen-bond donors (Lipinski definition) is 2. The first kappa shape index (κ1) is 14.8. The minimum Gasteiger partial charge on any atom is -0.496 e. The van der Waals surface area contributed by atoms with Crippen LogP contribution in [0.3, 0.4) is 0 Å². The van der Waals surface area contributed by atoms with Crippen LogP contribution < -0.4 is 15.4 Å². The third-order valence-corrected chi connectivity index (χ3v) is 2.94. The van der Waals surface area contributed by atoms with E-state index in [9.17, 15) is 0 Å². The van der Waals surface area contributed by atoms with Crippen molar-refractivity contribution in [3.05, 3.63) is 28.2 Å². The molecule has 18 heavy (non-hydrogen) atoms. The van der Waals surface area contributed by atoms with Gasteiger partial charge in [0.2, 0.25) is 0 Å². The Morgan fingerprint density at radius 2 is 2.17 bits per heavy atom. The zero-order valence-corrected chi connectivity index (χ0v) is 12.8. The third-order valence-electron chi connectivity index (χ3n) is 2.33. The molecule has 0 aliphatic heterocycles. The second-order valence-electron chi connectivity index (χ2n) is 4.19. The number of nitrogens with one attached hydrogen (secondary N) is 2. The fraction of sp³-hybridized carbons (Fsp3) is 0.462. The molecular weight excluding hydrogens is 294 g/mol. The number of rotatable bonds is 4. The van der Waals surface area contributed by atoms with Crippen LogP contribution in [-0.2, 0) is 6.54 Å². The highest BCUT2D eigenvalue weighted by atomic mass is 79.9. The lowest BCUT2D eigenvalue weighted by Crippen LogP contribution is -2.40. The van der Waals surface area contributed by atoms with Gasteiger partial charge in [0.25, 0.3) is 0 Å². The van der Waals surface area contributed by atoms with Crippen molar-refractivity contribution in [3.63, 3.8) is 0 Å². The molecule has 0 unspecified atom stereocenters. The molecule has 100 valence electrons. The summed E-state index contributed by atoms with van der Waals surface area (Å²) in [5.74, 6) is 1.64. The van der Waals surface area contributed by atoms with E-state index in [0.29, 0.717) is 6.04 Å². The quantitative estimate of drug-likeness (QED) is 0.663. The van der Waals surface area contributed by atoms with Crippen LogP contribution in [0, 0.1) is 0 Å². The second-order valence-corrected chi connectivity index (χ2v) is 5.05. The minimum atomic E-state index is 0.360. The molecule has 0 aromatic heterocycles. The number of halogens is 1. The van der Waals surface area contributed by atoms with Crippen molar-refractivity contribution in [1.82, 2.24) is 10.6 Å². The van der Waals surface area contributed by atoms with Gasteiger partial charge >= 0.3 is 0 Å². The van der Waals surface area contributed by atoms with Crippen molar-refractivity contribution in [1.29, 1.82) is 0 Å². The number of guanidine groups is 1. The Morgan fingerprint density at radius 1 is 1.44 bits per heavy atom. The van der Waals surface area contributed by atoms with Gasteiger partial charge in [0.05, 0.1) is 11.6 Å². The van der Waals surface area contributed by atoms with Crippen LogP contribution in [0.4, 0.5) is 0 Å². The molecule has 4 nitrogen and oxygen atoms in total. The lowest BCUT2D eigenvalue weighted by molar-refractivity contribution is 0.412. The number of nitrogens with zero attached hydrogens (tertiary/aromatic N) is 1. The summed E-state index contributed by atoms with van der Waals surface area (Å²) in [6, 6.07) is 6.37. The lowest BCUT2D eigenvalue weighted by atomic mass is 10.2. The van der Waals surface area contributed by atoms with E-state index in [2.05, 4.69) is 45.4 Å². The summed E-state index contributed by atoms with van der Waals surface area (Å²) in [7, 11) is 3.42. The first-order valence-electron chi connectivity index (χ1n) is 5.86. The van der Waals surface area contributed by atoms with Crippen LogP contribution in [0.15, 0.2) is 27.7 Å². The summed E-state index contributed by atoms with van der Waals surface area (Å²) in [6.45, 7) is 4.88. The van der Waals surface area contributed by atoms with Gasteiger partial charge in [-0.2, -0.15) is 0 Å². The Kier molecular flexibility index (Phi) is 5.98. The highest BCUT2D eigenvalue weighted by Crippen LogP contribution is 2.25.